The first-order chi connectivity index (χ1) is 11.0. The van der Waals surface area contributed by atoms with E-state index >= 15 is 0 Å². The molecule has 0 saturated carbocycles. The van der Waals surface area contributed by atoms with E-state index in [1.165, 1.54) is 13.8 Å². The molecule has 7 N–H and O–H groups in total. The van der Waals surface area contributed by atoms with Crippen molar-refractivity contribution in [3.63, 3.8) is 0 Å². The van der Waals surface area contributed by atoms with Gasteiger partial charge in [-0.2, -0.15) is 0 Å². The fraction of sp³-hybridized carbons (Fsp3) is 0.714. The zero-order valence-electron chi connectivity index (χ0n) is 14.2. The van der Waals surface area contributed by atoms with Crippen molar-refractivity contribution in [3.8, 4) is 0 Å². The van der Waals surface area contributed by atoms with Crippen LogP contribution in [0.4, 0.5) is 0 Å². The molecule has 0 bridgehead atoms. The monoisotopic (exact) mass is 346 g/mol. The Morgan fingerprint density at radius 1 is 0.917 bits per heavy atom. The summed E-state index contributed by atoms with van der Waals surface area (Å²) in [5.41, 5.74) is 5.19. The topological polar surface area (TPSA) is 171 Å². The van der Waals surface area contributed by atoms with Crippen LogP contribution in [0.1, 0.15) is 27.7 Å². The molecular weight excluding hydrogens is 320 g/mol. The lowest BCUT2D eigenvalue weighted by atomic mass is 10.0. The molecule has 0 radical (unpaired) electrons. The normalized spacial score (nSPS) is 15.8. The van der Waals surface area contributed by atoms with Gasteiger partial charge in [0.2, 0.25) is 17.7 Å². The van der Waals surface area contributed by atoms with Gasteiger partial charge in [-0.3, -0.25) is 14.4 Å². The van der Waals surface area contributed by atoms with Gasteiger partial charge in [0.25, 0.3) is 0 Å². The van der Waals surface area contributed by atoms with Crippen molar-refractivity contribution in [3.05, 3.63) is 0 Å². The first-order valence-corrected chi connectivity index (χ1v) is 7.52. The minimum Gasteiger partial charge on any atom is -0.480 e. The van der Waals surface area contributed by atoms with Crippen LogP contribution >= 0.6 is 0 Å². The summed E-state index contributed by atoms with van der Waals surface area (Å²) in [4.78, 5) is 46.5. The number of aliphatic hydroxyl groups excluding tert-OH is 1. The van der Waals surface area contributed by atoms with E-state index < -0.39 is 47.9 Å². The number of carbonyl (C=O) groups excluding carboxylic acids is 3. The van der Waals surface area contributed by atoms with Gasteiger partial charge in [0, 0.05) is 0 Å². The number of carboxylic acid groups (broad SMARTS) is 1. The Bertz CT molecular complexity index is 480. The zero-order valence-corrected chi connectivity index (χ0v) is 14.2. The van der Waals surface area contributed by atoms with Crippen LogP contribution in [0.3, 0.4) is 0 Å². The van der Waals surface area contributed by atoms with Crippen molar-refractivity contribution in [1.82, 2.24) is 16.0 Å². The lowest BCUT2D eigenvalue weighted by Gasteiger charge is -2.24. The van der Waals surface area contributed by atoms with Crippen LogP contribution in [-0.2, 0) is 19.2 Å². The maximum absolute atomic E-state index is 12.2. The van der Waals surface area contributed by atoms with Crippen molar-refractivity contribution in [2.45, 2.75) is 51.9 Å². The van der Waals surface area contributed by atoms with E-state index in [1.807, 2.05) is 0 Å². The quantitative estimate of drug-likeness (QED) is 0.269. The van der Waals surface area contributed by atoms with E-state index in [1.54, 1.807) is 13.8 Å². The third kappa shape index (κ3) is 6.92. The number of carbonyl (C=O) groups is 4. The molecule has 0 aromatic rings. The molecule has 0 rings (SSSR count). The number of carboxylic acids is 1. The van der Waals surface area contributed by atoms with Gasteiger partial charge in [-0.05, 0) is 19.8 Å². The molecule has 4 unspecified atom stereocenters. The largest absolute Gasteiger partial charge is 0.480 e. The van der Waals surface area contributed by atoms with Gasteiger partial charge < -0.3 is 31.9 Å². The van der Waals surface area contributed by atoms with E-state index in [2.05, 4.69) is 16.0 Å². The van der Waals surface area contributed by atoms with Crippen LogP contribution in [0.25, 0.3) is 0 Å². The number of rotatable bonds is 9. The predicted octanol–water partition coefficient (Wildman–Crippen LogP) is -2.46. The third-order valence-corrected chi connectivity index (χ3v) is 3.25. The summed E-state index contributed by atoms with van der Waals surface area (Å²) >= 11 is 0. The highest BCUT2D eigenvalue weighted by Gasteiger charge is 2.30. The Labute approximate surface area is 140 Å². The van der Waals surface area contributed by atoms with Gasteiger partial charge in [-0.15, -0.1) is 0 Å². The number of aliphatic carboxylic acids is 1. The molecule has 0 fully saturated rings. The molecule has 0 aromatic heterocycles. The first kappa shape index (κ1) is 21.8. The smallest absolute Gasteiger partial charge is 0.328 e. The van der Waals surface area contributed by atoms with Gasteiger partial charge in [-0.1, -0.05) is 13.8 Å². The number of nitrogens with one attached hydrogen (secondary N) is 3. The maximum Gasteiger partial charge on any atom is 0.328 e. The fourth-order valence-electron chi connectivity index (χ4n) is 1.80. The van der Waals surface area contributed by atoms with Crippen LogP contribution in [0, 0.1) is 5.92 Å². The van der Waals surface area contributed by atoms with E-state index in [0.717, 1.165) is 0 Å². The third-order valence-electron chi connectivity index (χ3n) is 3.25. The summed E-state index contributed by atoms with van der Waals surface area (Å²) in [6.45, 7) is 5.72. The van der Waals surface area contributed by atoms with Crippen molar-refractivity contribution >= 4 is 23.7 Å². The van der Waals surface area contributed by atoms with Gasteiger partial charge in [0.1, 0.15) is 12.1 Å². The fourth-order valence-corrected chi connectivity index (χ4v) is 1.80. The summed E-state index contributed by atoms with van der Waals surface area (Å²) in [5.74, 6) is -3.53. The molecule has 0 aromatic carbocycles. The number of aliphatic hydroxyl groups is 1. The lowest BCUT2D eigenvalue weighted by molar-refractivity contribution is -0.145. The second kappa shape index (κ2) is 9.83. The van der Waals surface area contributed by atoms with Gasteiger partial charge >= 0.3 is 5.97 Å². The summed E-state index contributed by atoms with van der Waals surface area (Å²) in [5, 5.41) is 25.2. The SMILES string of the molecule is CC(NC(=O)C(NC(=O)CN)C(C)C)C(=O)NC(C(=O)O)C(C)O. The molecule has 0 aliphatic rings. The second-order valence-electron chi connectivity index (χ2n) is 5.79. The van der Waals surface area contributed by atoms with Crippen molar-refractivity contribution in [1.29, 1.82) is 0 Å². The lowest BCUT2D eigenvalue weighted by Crippen LogP contribution is -2.57. The standard InChI is InChI=1S/C14H26N4O6/c1-6(2)10(17-9(20)5-15)13(22)16-7(3)12(21)18-11(8(4)19)14(23)24/h6-8,10-11,19H,5,15H2,1-4H3,(H,16,22)(H,17,20)(H,18,21)(H,23,24). The summed E-state index contributed by atoms with van der Waals surface area (Å²) in [6.07, 6.45) is -1.30. The van der Waals surface area contributed by atoms with Crippen LogP contribution in [0.5, 0.6) is 0 Å². The van der Waals surface area contributed by atoms with Gasteiger partial charge in [-0.25, -0.2) is 4.79 Å². The Morgan fingerprint density at radius 2 is 1.46 bits per heavy atom. The number of hydrogen-bond acceptors (Lipinski definition) is 6. The molecule has 0 saturated heterocycles. The van der Waals surface area contributed by atoms with Crippen molar-refractivity contribution in [2.24, 2.45) is 11.7 Å². The highest BCUT2D eigenvalue weighted by molar-refractivity contribution is 5.93. The number of amides is 3. The van der Waals surface area contributed by atoms with Crippen LogP contribution in [0.15, 0.2) is 0 Å². The Morgan fingerprint density at radius 3 is 1.83 bits per heavy atom. The summed E-state index contributed by atoms with van der Waals surface area (Å²) in [7, 11) is 0. The van der Waals surface area contributed by atoms with Crippen molar-refractivity contribution in [2.75, 3.05) is 6.54 Å². The van der Waals surface area contributed by atoms with Crippen LogP contribution in [-0.4, -0.2) is 64.7 Å². The average molecular weight is 346 g/mol. The van der Waals surface area contributed by atoms with E-state index in [9.17, 15) is 24.3 Å². The number of hydrogen-bond donors (Lipinski definition) is 6. The van der Waals surface area contributed by atoms with Gasteiger partial charge in [0.15, 0.2) is 6.04 Å². The molecule has 0 aliphatic carbocycles. The molecule has 0 spiro atoms. The minimum atomic E-state index is -1.49. The van der Waals surface area contributed by atoms with E-state index in [4.69, 9.17) is 10.8 Å². The van der Waals surface area contributed by atoms with Gasteiger partial charge in [0.05, 0.1) is 12.6 Å². The molecular formula is C14H26N4O6. The molecule has 24 heavy (non-hydrogen) atoms. The predicted molar refractivity (Wildman–Crippen MR) is 84.7 cm³/mol. The second-order valence-corrected chi connectivity index (χ2v) is 5.79. The van der Waals surface area contributed by atoms with E-state index in [-0.39, 0.29) is 12.5 Å². The summed E-state index contributed by atoms with van der Waals surface area (Å²) in [6, 6.07) is -3.44. The molecule has 0 aliphatic heterocycles. The Hall–Kier alpha value is -2.20. The molecule has 10 heteroatoms. The van der Waals surface area contributed by atoms with Crippen LogP contribution < -0.4 is 21.7 Å². The average Bonchev–Trinajstić information content (AvgIpc) is 2.48. The Kier molecular flexibility index (Phi) is 8.93. The summed E-state index contributed by atoms with van der Waals surface area (Å²) < 4.78 is 0. The van der Waals surface area contributed by atoms with Crippen molar-refractivity contribution < 1.29 is 29.4 Å². The molecule has 3 amide bonds. The Balaban J connectivity index is 4.84. The first-order valence-electron chi connectivity index (χ1n) is 7.52. The molecule has 10 nitrogen and oxygen atoms in total. The van der Waals surface area contributed by atoms with E-state index in [0.29, 0.717) is 0 Å². The molecule has 4 atom stereocenters. The zero-order chi connectivity index (χ0) is 19.0. The maximum atomic E-state index is 12.2. The highest BCUT2D eigenvalue weighted by Crippen LogP contribution is 2.03. The molecule has 0 heterocycles. The highest BCUT2D eigenvalue weighted by atomic mass is 16.4. The minimum absolute atomic E-state index is 0.250. The molecule has 138 valence electrons. The number of nitrogens with two attached hydrogens (primary N) is 1. The van der Waals surface area contributed by atoms with Crippen LogP contribution in [0.2, 0.25) is 0 Å².